The van der Waals surface area contributed by atoms with Crippen molar-refractivity contribution in [1.29, 1.82) is 0 Å². The lowest BCUT2D eigenvalue weighted by molar-refractivity contribution is 0.256. The van der Waals surface area contributed by atoms with Gasteiger partial charge in [0.2, 0.25) is 16.9 Å². The zero-order chi connectivity index (χ0) is 17.7. The molecule has 2 amide bonds. The molecule has 0 spiro atoms. The van der Waals surface area contributed by atoms with Crippen molar-refractivity contribution in [3.8, 4) is 11.8 Å². The van der Waals surface area contributed by atoms with Gasteiger partial charge in [0.15, 0.2) is 0 Å². The minimum atomic E-state index is -4.30. The summed E-state index contributed by atoms with van der Waals surface area (Å²) in [4.78, 5) is 27.1. The van der Waals surface area contributed by atoms with Crippen molar-refractivity contribution in [3.05, 3.63) is 24.2 Å². The standard InChI is InChI=1S/C12H14N6O5S/c1-7-6-8(22-2)16-11(15-7)17-12(19)18-24(20,21)10-9(23-3)13-4-5-14-10/h4-6H,1-3H3,(H2,15,16,17,18,19). The van der Waals surface area contributed by atoms with Crippen molar-refractivity contribution in [2.45, 2.75) is 11.9 Å². The van der Waals surface area contributed by atoms with E-state index in [-0.39, 0.29) is 17.7 Å². The summed E-state index contributed by atoms with van der Waals surface area (Å²) in [5.41, 5.74) is 0.524. The fourth-order valence-electron chi connectivity index (χ4n) is 1.63. The van der Waals surface area contributed by atoms with Crippen molar-refractivity contribution < 1.29 is 22.7 Å². The molecule has 11 nitrogen and oxygen atoms in total. The van der Waals surface area contributed by atoms with Gasteiger partial charge in [-0.15, -0.1) is 0 Å². The summed E-state index contributed by atoms with van der Waals surface area (Å²) in [6.45, 7) is 1.66. The van der Waals surface area contributed by atoms with E-state index in [1.165, 1.54) is 20.4 Å². The van der Waals surface area contributed by atoms with Gasteiger partial charge in [-0.25, -0.2) is 24.5 Å². The Hall–Kier alpha value is -3.02. The Balaban J connectivity index is 2.18. The summed E-state index contributed by atoms with van der Waals surface area (Å²) in [5, 5.41) is 1.68. The molecule has 0 saturated carbocycles. The molecule has 0 bridgehead atoms. The largest absolute Gasteiger partial charge is 0.481 e. The van der Waals surface area contributed by atoms with E-state index >= 15 is 0 Å². The number of amides is 2. The molecular formula is C12H14N6O5S. The van der Waals surface area contributed by atoms with Gasteiger partial charge >= 0.3 is 6.03 Å². The SMILES string of the molecule is COc1cc(C)nc(NC(=O)NS(=O)(=O)c2nccnc2OC)n1. The quantitative estimate of drug-likeness (QED) is 0.763. The Morgan fingerprint density at radius 2 is 1.83 bits per heavy atom. The first-order valence-corrected chi connectivity index (χ1v) is 7.92. The molecule has 0 aliphatic heterocycles. The van der Waals surface area contributed by atoms with Gasteiger partial charge in [0.05, 0.1) is 14.2 Å². The maximum absolute atomic E-state index is 12.2. The van der Waals surface area contributed by atoms with Crippen LogP contribution >= 0.6 is 0 Å². The molecule has 0 fully saturated rings. The molecular weight excluding hydrogens is 340 g/mol. The van der Waals surface area contributed by atoms with E-state index in [1.807, 2.05) is 0 Å². The highest BCUT2D eigenvalue weighted by atomic mass is 32.2. The first kappa shape index (κ1) is 17.3. The van der Waals surface area contributed by atoms with Crippen LogP contribution in [0.25, 0.3) is 0 Å². The summed E-state index contributed by atoms with van der Waals surface area (Å²) in [6, 6.07) is 0.472. The van der Waals surface area contributed by atoms with Crippen molar-refractivity contribution >= 4 is 22.0 Å². The van der Waals surface area contributed by atoms with Crippen LogP contribution in [-0.4, -0.2) is 48.6 Å². The van der Waals surface area contributed by atoms with Gasteiger partial charge < -0.3 is 9.47 Å². The molecule has 0 unspecified atom stereocenters. The minimum Gasteiger partial charge on any atom is -0.481 e. The Morgan fingerprint density at radius 1 is 1.12 bits per heavy atom. The number of urea groups is 1. The average Bonchev–Trinajstić information content (AvgIpc) is 2.53. The normalized spacial score (nSPS) is 10.8. The molecule has 0 aliphatic rings. The number of anilines is 1. The zero-order valence-corrected chi connectivity index (χ0v) is 13.8. The monoisotopic (exact) mass is 354 g/mol. The average molecular weight is 354 g/mol. The van der Waals surface area contributed by atoms with Gasteiger partial charge in [-0.05, 0) is 6.92 Å². The highest BCUT2D eigenvalue weighted by Crippen LogP contribution is 2.17. The van der Waals surface area contributed by atoms with E-state index in [9.17, 15) is 13.2 Å². The molecule has 128 valence electrons. The lowest BCUT2D eigenvalue weighted by Crippen LogP contribution is -2.35. The smallest absolute Gasteiger partial charge is 0.335 e. The number of aromatic nitrogens is 4. The van der Waals surface area contributed by atoms with Crippen molar-refractivity contribution in [1.82, 2.24) is 24.7 Å². The van der Waals surface area contributed by atoms with Crippen LogP contribution in [0.5, 0.6) is 11.8 Å². The highest BCUT2D eigenvalue weighted by Gasteiger charge is 2.25. The second-order valence-electron chi connectivity index (χ2n) is 4.31. The van der Waals surface area contributed by atoms with E-state index in [1.54, 1.807) is 17.7 Å². The lowest BCUT2D eigenvalue weighted by atomic mass is 10.4. The number of aryl methyl sites for hydroxylation is 1. The Bertz CT molecular complexity index is 857. The van der Waals surface area contributed by atoms with Crippen molar-refractivity contribution in [2.75, 3.05) is 19.5 Å². The molecule has 12 heteroatoms. The number of hydrogen-bond donors (Lipinski definition) is 2. The third kappa shape index (κ3) is 4.04. The van der Waals surface area contributed by atoms with E-state index in [0.717, 1.165) is 6.20 Å². The number of carbonyl (C=O) groups is 1. The molecule has 0 aliphatic carbocycles. The molecule has 0 radical (unpaired) electrons. The fraction of sp³-hybridized carbons (Fsp3) is 0.250. The molecule has 0 atom stereocenters. The van der Waals surface area contributed by atoms with Gasteiger partial charge in [0, 0.05) is 24.2 Å². The van der Waals surface area contributed by atoms with Crippen molar-refractivity contribution in [3.63, 3.8) is 0 Å². The fourth-order valence-corrected chi connectivity index (χ4v) is 2.59. The topological polar surface area (TPSA) is 145 Å². The second-order valence-corrected chi connectivity index (χ2v) is 5.90. The number of ether oxygens (including phenoxy) is 2. The highest BCUT2D eigenvalue weighted by molar-refractivity contribution is 7.90. The molecule has 2 N–H and O–H groups in total. The number of rotatable bonds is 5. The van der Waals surface area contributed by atoms with E-state index < -0.39 is 21.1 Å². The summed E-state index contributed by atoms with van der Waals surface area (Å²) in [7, 11) is -1.66. The Labute approximate surface area is 137 Å². The first-order chi connectivity index (χ1) is 11.4. The molecule has 2 aromatic rings. The van der Waals surface area contributed by atoms with Crippen LogP contribution in [0.15, 0.2) is 23.5 Å². The van der Waals surface area contributed by atoms with E-state index in [0.29, 0.717) is 5.69 Å². The number of sulfonamides is 1. The molecule has 0 saturated heterocycles. The van der Waals surface area contributed by atoms with Gasteiger partial charge in [-0.1, -0.05) is 0 Å². The maximum atomic E-state index is 12.2. The Morgan fingerprint density at radius 3 is 2.50 bits per heavy atom. The van der Waals surface area contributed by atoms with Crippen LogP contribution in [0.2, 0.25) is 0 Å². The van der Waals surface area contributed by atoms with Gasteiger partial charge in [0.25, 0.3) is 15.9 Å². The molecule has 2 rings (SSSR count). The van der Waals surface area contributed by atoms with Gasteiger partial charge in [-0.2, -0.15) is 13.4 Å². The van der Waals surface area contributed by atoms with Crippen LogP contribution < -0.4 is 19.5 Å². The number of methoxy groups -OCH3 is 2. The predicted octanol–water partition coefficient (Wildman–Crippen LogP) is 0.103. The zero-order valence-electron chi connectivity index (χ0n) is 13.0. The summed E-state index contributed by atoms with van der Waals surface area (Å²) < 4.78 is 35.9. The lowest BCUT2D eigenvalue weighted by Gasteiger charge is -2.09. The van der Waals surface area contributed by atoms with Gasteiger partial charge in [-0.3, -0.25) is 5.32 Å². The number of hydrogen-bond acceptors (Lipinski definition) is 9. The van der Waals surface area contributed by atoms with E-state index in [4.69, 9.17) is 9.47 Å². The molecule has 0 aromatic carbocycles. The number of carbonyl (C=O) groups excluding carboxylic acids is 1. The molecule has 2 heterocycles. The Kier molecular flexibility index (Phi) is 5.08. The van der Waals surface area contributed by atoms with Crippen LogP contribution in [0.3, 0.4) is 0 Å². The molecule has 24 heavy (non-hydrogen) atoms. The first-order valence-electron chi connectivity index (χ1n) is 6.44. The van der Waals surface area contributed by atoms with Crippen LogP contribution in [-0.2, 0) is 10.0 Å². The summed E-state index contributed by atoms with van der Waals surface area (Å²) >= 11 is 0. The second kappa shape index (κ2) is 7.04. The third-order valence-corrected chi connectivity index (χ3v) is 3.82. The minimum absolute atomic E-state index is 0.120. The van der Waals surface area contributed by atoms with Crippen LogP contribution in [0.1, 0.15) is 5.69 Å². The van der Waals surface area contributed by atoms with E-state index in [2.05, 4.69) is 25.3 Å². The predicted molar refractivity (Wildman–Crippen MR) is 81.2 cm³/mol. The maximum Gasteiger partial charge on any atom is 0.335 e. The van der Waals surface area contributed by atoms with Crippen LogP contribution in [0, 0.1) is 6.92 Å². The van der Waals surface area contributed by atoms with Crippen molar-refractivity contribution in [2.24, 2.45) is 0 Å². The van der Waals surface area contributed by atoms with Crippen LogP contribution in [0.4, 0.5) is 10.7 Å². The number of nitrogens with one attached hydrogen (secondary N) is 2. The third-order valence-electron chi connectivity index (χ3n) is 2.57. The molecule has 2 aromatic heterocycles. The summed E-state index contributed by atoms with van der Waals surface area (Å²) in [5.74, 6) is -0.145. The van der Waals surface area contributed by atoms with Gasteiger partial charge in [0.1, 0.15) is 0 Å². The summed E-state index contributed by atoms with van der Waals surface area (Å²) in [6.07, 6.45) is 2.41. The number of nitrogens with zero attached hydrogens (tertiary/aromatic N) is 4.